The minimum Gasteiger partial charge on any atom is -0.305 e. The Hall–Kier alpha value is -3.32. The van der Waals surface area contributed by atoms with Crippen molar-refractivity contribution < 1.29 is 20.1 Å². The van der Waals surface area contributed by atoms with Gasteiger partial charge in [0.1, 0.15) is 0 Å². The molecule has 1 heterocycles. The SMILES string of the molecule is CC(C)(C)c1ccc(-c2cc(-c3ccc(C(C)(C)C)cc3)cc(-c3cc[c-]c(-c4ccccn4)c3)c2)cc1.[Ir]. The van der Waals surface area contributed by atoms with Crippen molar-refractivity contribution in [2.45, 2.75) is 52.4 Å². The van der Waals surface area contributed by atoms with Crippen LogP contribution in [0.2, 0.25) is 0 Å². The van der Waals surface area contributed by atoms with Crippen molar-refractivity contribution in [3.63, 3.8) is 0 Å². The fourth-order valence-electron chi connectivity index (χ4n) is 4.77. The third-order valence-corrected chi connectivity index (χ3v) is 7.18. The van der Waals surface area contributed by atoms with Gasteiger partial charge in [-0.05, 0) is 79.7 Å². The Bertz CT molecular complexity index is 1460. The van der Waals surface area contributed by atoms with Crippen LogP contribution < -0.4 is 0 Å². The molecule has 1 aromatic heterocycles. The van der Waals surface area contributed by atoms with Gasteiger partial charge < -0.3 is 4.98 Å². The van der Waals surface area contributed by atoms with Crippen molar-refractivity contribution in [2.24, 2.45) is 0 Å². The molecule has 0 spiro atoms. The van der Waals surface area contributed by atoms with E-state index in [0.717, 1.165) is 16.8 Å². The maximum absolute atomic E-state index is 4.54. The number of hydrogen-bond donors (Lipinski definition) is 0. The summed E-state index contributed by atoms with van der Waals surface area (Å²) < 4.78 is 0. The molecular weight excluding hydrogens is 651 g/mol. The van der Waals surface area contributed by atoms with Gasteiger partial charge in [-0.1, -0.05) is 102 Å². The summed E-state index contributed by atoms with van der Waals surface area (Å²) in [5.41, 5.74) is 12.1. The summed E-state index contributed by atoms with van der Waals surface area (Å²) in [5.74, 6) is 0. The van der Waals surface area contributed by atoms with Crippen molar-refractivity contribution in [1.82, 2.24) is 4.98 Å². The molecule has 1 nitrogen and oxygen atoms in total. The van der Waals surface area contributed by atoms with Gasteiger partial charge in [-0.15, -0.1) is 35.4 Å². The van der Waals surface area contributed by atoms with Crippen LogP contribution in [0.1, 0.15) is 52.7 Å². The molecular formula is C37H36IrN-. The van der Waals surface area contributed by atoms with Gasteiger partial charge in [0.05, 0.1) is 0 Å². The topological polar surface area (TPSA) is 12.9 Å². The Morgan fingerprint density at radius 3 is 1.44 bits per heavy atom. The zero-order valence-electron chi connectivity index (χ0n) is 23.7. The molecule has 0 N–H and O–H groups in total. The normalized spacial score (nSPS) is 11.6. The monoisotopic (exact) mass is 687 g/mol. The van der Waals surface area contributed by atoms with Gasteiger partial charge in [-0.25, -0.2) is 0 Å². The molecule has 0 bridgehead atoms. The minimum atomic E-state index is 0. The Kier molecular flexibility index (Phi) is 8.40. The fourth-order valence-corrected chi connectivity index (χ4v) is 4.77. The first-order chi connectivity index (χ1) is 18.1. The Labute approximate surface area is 247 Å². The number of pyridine rings is 1. The van der Waals surface area contributed by atoms with Crippen LogP contribution in [0, 0.1) is 6.07 Å². The van der Waals surface area contributed by atoms with E-state index >= 15 is 0 Å². The van der Waals surface area contributed by atoms with E-state index in [0.29, 0.717) is 0 Å². The Morgan fingerprint density at radius 2 is 1.00 bits per heavy atom. The van der Waals surface area contributed by atoms with E-state index in [2.05, 4.69) is 131 Å². The van der Waals surface area contributed by atoms with Crippen LogP contribution in [0.15, 0.2) is 109 Å². The maximum Gasteiger partial charge on any atom is 0.0160 e. The molecule has 39 heavy (non-hydrogen) atoms. The molecule has 5 aromatic rings. The van der Waals surface area contributed by atoms with Crippen LogP contribution in [0.5, 0.6) is 0 Å². The molecule has 0 saturated heterocycles. The Morgan fingerprint density at radius 1 is 0.513 bits per heavy atom. The first kappa shape index (κ1) is 28.7. The van der Waals surface area contributed by atoms with Crippen molar-refractivity contribution in [1.29, 1.82) is 0 Å². The molecule has 0 aliphatic heterocycles. The van der Waals surface area contributed by atoms with Gasteiger partial charge >= 0.3 is 0 Å². The van der Waals surface area contributed by atoms with Crippen LogP contribution in [-0.4, -0.2) is 4.98 Å². The van der Waals surface area contributed by atoms with Crippen molar-refractivity contribution in [3.05, 3.63) is 127 Å². The predicted molar refractivity (Wildman–Crippen MR) is 162 cm³/mol. The molecule has 0 amide bonds. The standard InChI is InChI=1S/C37H36N.Ir/c1-36(2,3)33-17-13-26(14-18-33)30-23-31(27-15-19-34(20-16-27)37(4,5)6)25-32(24-30)28-10-9-11-29(22-28)35-12-7-8-21-38-35;/h7-10,12-25H,1-6H3;/q-1;. The molecule has 199 valence electrons. The van der Waals surface area contributed by atoms with Crippen molar-refractivity contribution >= 4 is 0 Å². The van der Waals surface area contributed by atoms with Gasteiger partial charge in [0, 0.05) is 26.3 Å². The molecule has 2 heteroatoms. The van der Waals surface area contributed by atoms with Crippen LogP contribution in [0.3, 0.4) is 0 Å². The molecule has 0 unspecified atom stereocenters. The average Bonchev–Trinajstić information content (AvgIpc) is 2.92. The van der Waals surface area contributed by atoms with Gasteiger partial charge in [-0.3, -0.25) is 0 Å². The molecule has 0 atom stereocenters. The molecule has 1 radical (unpaired) electrons. The number of rotatable bonds is 4. The summed E-state index contributed by atoms with van der Waals surface area (Å²) in [6, 6.07) is 40.7. The van der Waals surface area contributed by atoms with E-state index < -0.39 is 0 Å². The van der Waals surface area contributed by atoms with E-state index in [9.17, 15) is 0 Å². The van der Waals surface area contributed by atoms with E-state index in [1.165, 1.54) is 38.9 Å². The van der Waals surface area contributed by atoms with Crippen molar-refractivity contribution in [2.75, 3.05) is 0 Å². The second-order valence-corrected chi connectivity index (χ2v) is 12.2. The number of benzene rings is 4. The first-order valence-electron chi connectivity index (χ1n) is 13.4. The smallest absolute Gasteiger partial charge is 0.0160 e. The molecule has 0 fully saturated rings. The summed E-state index contributed by atoms with van der Waals surface area (Å²) in [4.78, 5) is 4.54. The summed E-state index contributed by atoms with van der Waals surface area (Å²) >= 11 is 0. The van der Waals surface area contributed by atoms with Gasteiger partial charge in [0.2, 0.25) is 0 Å². The number of hydrogen-bond acceptors (Lipinski definition) is 1. The Balaban J connectivity index is 0.00000353. The summed E-state index contributed by atoms with van der Waals surface area (Å²) in [5, 5.41) is 0. The second kappa shape index (κ2) is 11.4. The zero-order chi connectivity index (χ0) is 26.9. The number of nitrogens with zero attached hydrogens (tertiary/aromatic N) is 1. The predicted octanol–water partition coefficient (Wildman–Crippen LogP) is 10.1. The molecule has 0 aliphatic rings. The quantitative estimate of drug-likeness (QED) is 0.172. The second-order valence-electron chi connectivity index (χ2n) is 12.2. The van der Waals surface area contributed by atoms with E-state index in [1.54, 1.807) is 0 Å². The summed E-state index contributed by atoms with van der Waals surface area (Å²) in [7, 11) is 0. The molecule has 4 aromatic carbocycles. The van der Waals surface area contributed by atoms with E-state index in [1.807, 2.05) is 30.5 Å². The first-order valence-corrected chi connectivity index (χ1v) is 13.4. The third kappa shape index (κ3) is 6.64. The fraction of sp³-hybridized carbons (Fsp3) is 0.216. The maximum atomic E-state index is 4.54. The average molecular weight is 687 g/mol. The van der Waals surface area contributed by atoms with Crippen molar-refractivity contribution in [3.8, 4) is 44.6 Å². The summed E-state index contributed by atoms with van der Waals surface area (Å²) in [6.07, 6.45) is 1.83. The van der Waals surface area contributed by atoms with Crippen LogP contribution >= 0.6 is 0 Å². The molecule has 0 aliphatic carbocycles. The molecule has 5 rings (SSSR count). The van der Waals surface area contributed by atoms with Gasteiger partial charge in [0.15, 0.2) is 0 Å². The largest absolute Gasteiger partial charge is 0.305 e. The van der Waals surface area contributed by atoms with E-state index in [-0.39, 0.29) is 30.9 Å². The van der Waals surface area contributed by atoms with Crippen LogP contribution in [0.4, 0.5) is 0 Å². The summed E-state index contributed by atoms with van der Waals surface area (Å²) in [6.45, 7) is 13.5. The molecule has 0 saturated carbocycles. The van der Waals surface area contributed by atoms with E-state index in [4.69, 9.17) is 0 Å². The number of aromatic nitrogens is 1. The van der Waals surface area contributed by atoms with Crippen LogP contribution in [0.25, 0.3) is 44.6 Å². The third-order valence-electron chi connectivity index (χ3n) is 7.18. The van der Waals surface area contributed by atoms with Gasteiger partial charge in [-0.2, -0.15) is 0 Å². The van der Waals surface area contributed by atoms with Gasteiger partial charge in [0.25, 0.3) is 0 Å². The zero-order valence-corrected chi connectivity index (χ0v) is 26.1. The minimum absolute atomic E-state index is 0. The van der Waals surface area contributed by atoms with Crippen LogP contribution in [-0.2, 0) is 30.9 Å².